The zero-order valence-electron chi connectivity index (χ0n) is 17.0. The van der Waals surface area contributed by atoms with E-state index in [1.807, 2.05) is 16.9 Å². The summed E-state index contributed by atoms with van der Waals surface area (Å²) in [6.45, 7) is 5.60. The number of benzene rings is 1. The maximum Gasteiger partial charge on any atom is 0.191 e. The molecule has 2 N–H and O–H groups in total. The summed E-state index contributed by atoms with van der Waals surface area (Å²) in [5, 5.41) is 11.0. The van der Waals surface area contributed by atoms with E-state index in [1.54, 1.807) is 13.2 Å². The Labute approximate surface area is 190 Å². The molecule has 1 unspecified atom stereocenters. The molecule has 2 heterocycles. The van der Waals surface area contributed by atoms with Crippen LogP contribution in [0.3, 0.4) is 0 Å². The number of rotatable bonds is 10. The van der Waals surface area contributed by atoms with E-state index in [1.165, 1.54) is 11.1 Å². The van der Waals surface area contributed by atoms with E-state index in [0.29, 0.717) is 5.92 Å². The van der Waals surface area contributed by atoms with Crippen molar-refractivity contribution in [2.45, 2.75) is 25.9 Å². The normalized spacial score (nSPS) is 16.4. The highest BCUT2D eigenvalue weighted by Crippen LogP contribution is 2.12. The van der Waals surface area contributed by atoms with Gasteiger partial charge in [-0.15, -0.1) is 24.0 Å². The van der Waals surface area contributed by atoms with Crippen LogP contribution in [0.1, 0.15) is 24.0 Å². The molecule has 0 amide bonds. The van der Waals surface area contributed by atoms with Crippen LogP contribution in [-0.4, -0.2) is 55.8 Å². The van der Waals surface area contributed by atoms with Crippen LogP contribution >= 0.6 is 24.0 Å². The van der Waals surface area contributed by atoms with Gasteiger partial charge in [0, 0.05) is 51.7 Å². The number of aliphatic imine (C=N–C) groups is 1. The van der Waals surface area contributed by atoms with Gasteiger partial charge in [-0.1, -0.05) is 24.3 Å². The third kappa shape index (κ3) is 8.31. The molecular formula is C21H32IN5O2. The van der Waals surface area contributed by atoms with Gasteiger partial charge in [0.05, 0.1) is 19.8 Å². The van der Waals surface area contributed by atoms with Crippen LogP contribution in [0.5, 0.6) is 0 Å². The van der Waals surface area contributed by atoms with Gasteiger partial charge in [0.1, 0.15) is 0 Å². The smallest absolute Gasteiger partial charge is 0.191 e. The molecule has 160 valence electrons. The van der Waals surface area contributed by atoms with Gasteiger partial charge in [0.25, 0.3) is 0 Å². The summed E-state index contributed by atoms with van der Waals surface area (Å²) in [6, 6.07) is 10.3. The van der Waals surface area contributed by atoms with Crippen LogP contribution in [0.2, 0.25) is 0 Å². The minimum Gasteiger partial charge on any atom is -0.381 e. The molecule has 1 atom stereocenters. The highest BCUT2D eigenvalue weighted by molar-refractivity contribution is 14.0. The minimum atomic E-state index is 0. The number of ether oxygens (including phenoxy) is 2. The molecule has 1 aromatic heterocycles. The number of hydrogen-bond acceptors (Lipinski definition) is 4. The van der Waals surface area contributed by atoms with E-state index in [-0.39, 0.29) is 24.0 Å². The van der Waals surface area contributed by atoms with Crippen molar-refractivity contribution in [2.75, 3.05) is 40.0 Å². The largest absolute Gasteiger partial charge is 0.381 e. The topological polar surface area (TPSA) is 72.7 Å². The Balaban J connectivity index is 0.00000300. The Morgan fingerprint density at radius 3 is 2.86 bits per heavy atom. The van der Waals surface area contributed by atoms with Crippen molar-refractivity contribution in [1.82, 2.24) is 20.4 Å². The van der Waals surface area contributed by atoms with Crippen molar-refractivity contribution in [3.8, 4) is 0 Å². The number of guanidine groups is 1. The summed E-state index contributed by atoms with van der Waals surface area (Å²) >= 11 is 0. The Morgan fingerprint density at radius 1 is 1.28 bits per heavy atom. The molecule has 0 spiro atoms. The van der Waals surface area contributed by atoms with Crippen molar-refractivity contribution in [3.05, 3.63) is 53.9 Å². The van der Waals surface area contributed by atoms with E-state index in [9.17, 15) is 0 Å². The second kappa shape index (κ2) is 13.6. The SMILES string of the molecule is CN=C(NCCCOCC1CCOC1)NCc1ccccc1Cn1cccn1.I. The first-order valence-electron chi connectivity index (χ1n) is 9.99. The van der Waals surface area contributed by atoms with Crippen LogP contribution in [0.25, 0.3) is 0 Å². The second-order valence-corrected chi connectivity index (χ2v) is 6.98. The lowest BCUT2D eigenvalue weighted by molar-refractivity contribution is 0.0888. The fourth-order valence-corrected chi connectivity index (χ4v) is 3.20. The zero-order valence-corrected chi connectivity index (χ0v) is 19.4. The number of hydrogen-bond donors (Lipinski definition) is 2. The second-order valence-electron chi connectivity index (χ2n) is 6.98. The van der Waals surface area contributed by atoms with Gasteiger partial charge in [-0.05, 0) is 30.0 Å². The first-order valence-corrected chi connectivity index (χ1v) is 9.99. The molecule has 3 rings (SSSR count). The van der Waals surface area contributed by atoms with E-state index in [2.05, 4.69) is 45.0 Å². The number of aromatic nitrogens is 2. The molecule has 0 saturated carbocycles. The van der Waals surface area contributed by atoms with Gasteiger partial charge in [0.15, 0.2) is 5.96 Å². The molecule has 8 heteroatoms. The van der Waals surface area contributed by atoms with Crippen molar-refractivity contribution >= 4 is 29.9 Å². The van der Waals surface area contributed by atoms with Crippen LogP contribution in [-0.2, 0) is 22.6 Å². The fourth-order valence-electron chi connectivity index (χ4n) is 3.20. The minimum absolute atomic E-state index is 0. The summed E-state index contributed by atoms with van der Waals surface area (Å²) in [5.74, 6) is 1.38. The molecule has 0 bridgehead atoms. The first-order chi connectivity index (χ1) is 13.8. The molecule has 2 aromatic rings. The molecule has 0 aliphatic carbocycles. The van der Waals surface area contributed by atoms with E-state index >= 15 is 0 Å². The van der Waals surface area contributed by atoms with Crippen LogP contribution in [0.4, 0.5) is 0 Å². The van der Waals surface area contributed by atoms with Gasteiger partial charge < -0.3 is 20.1 Å². The van der Waals surface area contributed by atoms with Crippen molar-refractivity contribution < 1.29 is 9.47 Å². The Hall–Kier alpha value is -1.65. The number of nitrogens with one attached hydrogen (secondary N) is 2. The lowest BCUT2D eigenvalue weighted by Crippen LogP contribution is -2.37. The van der Waals surface area contributed by atoms with Crippen LogP contribution in [0, 0.1) is 5.92 Å². The van der Waals surface area contributed by atoms with Crippen LogP contribution in [0.15, 0.2) is 47.7 Å². The van der Waals surface area contributed by atoms with Crippen molar-refractivity contribution in [2.24, 2.45) is 10.9 Å². The van der Waals surface area contributed by atoms with Crippen LogP contribution < -0.4 is 10.6 Å². The Kier molecular flexibility index (Phi) is 11.0. The van der Waals surface area contributed by atoms with Gasteiger partial charge in [-0.2, -0.15) is 5.10 Å². The molecule has 1 aromatic carbocycles. The quantitative estimate of drug-likeness (QED) is 0.221. The summed E-state index contributed by atoms with van der Waals surface area (Å²) in [7, 11) is 1.79. The van der Waals surface area contributed by atoms with Gasteiger partial charge in [0.2, 0.25) is 0 Å². The lowest BCUT2D eigenvalue weighted by Gasteiger charge is -2.15. The maximum absolute atomic E-state index is 5.74. The molecule has 1 aliphatic heterocycles. The standard InChI is InChI=1S/C21H31N5O2.HI/c1-22-21(23-9-5-12-27-16-18-8-13-28-17-18)24-14-19-6-2-3-7-20(19)15-26-11-4-10-25-26;/h2-4,6-7,10-11,18H,5,8-9,12-17H2,1H3,(H2,22,23,24);1H. The average molecular weight is 513 g/mol. The van der Waals surface area contributed by atoms with E-state index in [0.717, 1.165) is 64.9 Å². The fraction of sp³-hybridized carbons (Fsp3) is 0.524. The summed E-state index contributed by atoms with van der Waals surface area (Å²) in [4.78, 5) is 4.31. The highest BCUT2D eigenvalue weighted by atomic mass is 127. The Morgan fingerprint density at radius 2 is 2.14 bits per heavy atom. The summed E-state index contributed by atoms with van der Waals surface area (Å²) < 4.78 is 13.0. The maximum atomic E-state index is 5.74. The number of nitrogens with zero attached hydrogens (tertiary/aromatic N) is 3. The van der Waals surface area contributed by atoms with Gasteiger partial charge in [-0.25, -0.2) is 0 Å². The average Bonchev–Trinajstić information content (AvgIpc) is 3.42. The molecule has 0 radical (unpaired) electrons. The molecule has 1 aliphatic rings. The Bertz CT molecular complexity index is 718. The van der Waals surface area contributed by atoms with Gasteiger partial charge in [-0.3, -0.25) is 9.67 Å². The zero-order chi connectivity index (χ0) is 19.4. The van der Waals surface area contributed by atoms with Crippen molar-refractivity contribution in [1.29, 1.82) is 0 Å². The first kappa shape index (κ1) is 23.6. The summed E-state index contributed by atoms with van der Waals surface area (Å²) in [5.41, 5.74) is 2.49. The van der Waals surface area contributed by atoms with E-state index in [4.69, 9.17) is 9.47 Å². The predicted octanol–water partition coefficient (Wildman–Crippen LogP) is 2.66. The lowest BCUT2D eigenvalue weighted by atomic mass is 10.1. The molecule has 29 heavy (non-hydrogen) atoms. The van der Waals surface area contributed by atoms with Crippen molar-refractivity contribution in [3.63, 3.8) is 0 Å². The monoisotopic (exact) mass is 513 g/mol. The molecule has 1 saturated heterocycles. The predicted molar refractivity (Wildman–Crippen MR) is 126 cm³/mol. The van der Waals surface area contributed by atoms with Gasteiger partial charge >= 0.3 is 0 Å². The highest BCUT2D eigenvalue weighted by Gasteiger charge is 2.15. The number of halogens is 1. The third-order valence-corrected chi connectivity index (χ3v) is 4.82. The third-order valence-electron chi connectivity index (χ3n) is 4.82. The van der Waals surface area contributed by atoms with E-state index < -0.39 is 0 Å². The molecule has 1 fully saturated rings. The summed E-state index contributed by atoms with van der Waals surface area (Å²) in [6.07, 6.45) is 5.85. The molecule has 7 nitrogen and oxygen atoms in total. The molecular weight excluding hydrogens is 481 g/mol.